The molecule has 0 N–H and O–H groups in total. The van der Waals surface area contributed by atoms with Gasteiger partial charge in [0.25, 0.3) is 0 Å². The highest BCUT2D eigenvalue weighted by molar-refractivity contribution is 7.87. The average molecular weight is 338 g/mol. The van der Waals surface area contributed by atoms with Gasteiger partial charge in [-0.1, -0.05) is 0 Å². The summed E-state index contributed by atoms with van der Waals surface area (Å²) in [6, 6.07) is 0. The van der Waals surface area contributed by atoms with Crippen LogP contribution in [0.2, 0.25) is 0 Å². The van der Waals surface area contributed by atoms with E-state index >= 15 is 0 Å². The number of ether oxygens (including phenoxy) is 1. The zero-order chi connectivity index (χ0) is 16.5. The van der Waals surface area contributed by atoms with Crippen LogP contribution in [0, 0.1) is 5.92 Å². The minimum absolute atomic E-state index is 0.291. The third-order valence-corrected chi connectivity index (χ3v) is 3.64. The lowest BCUT2D eigenvalue weighted by molar-refractivity contribution is -0.179. The van der Waals surface area contributed by atoms with Gasteiger partial charge in [0, 0.05) is 12.3 Å². The minimum atomic E-state index is -5.91. The molecule has 21 heavy (non-hydrogen) atoms. The molecule has 5 nitrogen and oxygen atoms in total. The molecule has 0 aromatic heterocycles. The third kappa shape index (κ3) is 3.83. The first kappa shape index (κ1) is 17.7. The molecule has 0 amide bonds. The van der Waals surface area contributed by atoms with Gasteiger partial charge < -0.3 is 8.92 Å². The molecule has 1 aliphatic carbocycles. The summed E-state index contributed by atoms with van der Waals surface area (Å²) in [4.78, 5) is 11.1. The number of esters is 1. The first-order valence-corrected chi connectivity index (χ1v) is 7.07. The van der Waals surface area contributed by atoms with Crippen molar-refractivity contribution in [2.45, 2.75) is 31.2 Å². The van der Waals surface area contributed by atoms with Crippen molar-refractivity contribution in [2.75, 3.05) is 6.61 Å². The van der Waals surface area contributed by atoms with E-state index in [1.54, 1.807) is 0 Å². The number of hydrogen-bond donors (Lipinski definition) is 0. The minimum Gasteiger partial charge on any atom is -0.462 e. The number of carbonyl (C=O) groups excluding carboxylic acids is 1. The van der Waals surface area contributed by atoms with Gasteiger partial charge in [0.05, 0.1) is 6.61 Å². The second-order valence-electron chi connectivity index (χ2n) is 4.13. The van der Waals surface area contributed by atoms with Crippen LogP contribution in [0.3, 0.4) is 0 Å². The molecule has 11 heteroatoms. The van der Waals surface area contributed by atoms with Crippen LogP contribution < -0.4 is 0 Å². The number of halogens is 5. The highest BCUT2D eigenvalue weighted by Crippen LogP contribution is 2.40. The van der Waals surface area contributed by atoms with Crippen LogP contribution in [0.4, 0.5) is 22.0 Å². The summed E-state index contributed by atoms with van der Waals surface area (Å²) in [7, 11) is -5.91. The van der Waals surface area contributed by atoms with Crippen molar-refractivity contribution in [3.05, 3.63) is 11.8 Å². The SMILES string of the molecule is CCOC(=O)C(F)(F)C1CC=C(OS(=O)(=O)C(F)(F)F)C1. The van der Waals surface area contributed by atoms with E-state index in [0.29, 0.717) is 0 Å². The van der Waals surface area contributed by atoms with Crippen LogP contribution in [0.15, 0.2) is 11.8 Å². The molecular formula is C10H11F5O5S. The van der Waals surface area contributed by atoms with E-state index in [4.69, 9.17) is 0 Å². The molecule has 0 fully saturated rings. The Morgan fingerprint density at radius 3 is 2.38 bits per heavy atom. The van der Waals surface area contributed by atoms with Gasteiger partial charge >= 0.3 is 27.5 Å². The van der Waals surface area contributed by atoms with E-state index in [1.165, 1.54) is 6.92 Å². The van der Waals surface area contributed by atoms with E-state index in [-0.39, 0.29) is 6.61 Å². The molecule has 0 aliphatic heterocycles. The molecule has 0 spiro atoms. The molecule has 1 atom stereocenters. The quantitative estimate of drug-likeness (QED) is 0.333. The maximum absolute atomic E-state index is 13.6. The standard InChI is InChI=1S/C10H11F5O5S/c1-2-19-8(16)9(11,12)6-3-4-7(5-6)20-21(17,18)10(13,14)15/h4,6H,2-3,5H2,1H3. The van der Waals surface area contributed by atoms with Gasteiger partial charge in [0.15, 0.2) is 0 Å². The van der Waals surface area contributed by atoms with Crippen LogP contribution >= 0.6 is 0 Å². The molecule has 1 unspecified atom stereocenters. The summed E-state index contributed by atoms with van der Waals surface area (Å²) >= 11 is 0. The fourth-order valence-electron chi connectivity index (χ4n) is 1.61. The fraction of sp³-hybridized carbons (Fsp3) is 0.700. The third-order valence-electron chi connectivity index (χ3n) is 2.64. The molecule has 0 aromatic carbocycles. The van der Waals surface area contributed by atoms with Crippen molar-refractivity contribution in [3.8, 4) is 0 Å². The van der Waals surface area contributed by atoms with Gasteiger partial charge in [0.1, 0.15) is 5.76 Å². The van der Waals surface area contributed by atoms with Gasteiger partial charge in [-0.3, -0.25) is 0 Å². The Bertz CT molecular complexity index is 537. The van der Waals surface area contributed by atoms with Crippen LogP contribution in [0.25, 0.3) is 0 Å². The molecule has 0 heterocycles. The van der Waals surface area contributed by atoms with Crippen molar-refractivity contribution < 1.29 is 44.1 Å². The van der Waals surface area contributed by atoms with Gasteiger partial charge in [-0.15, -0.1) is 0 Å². The maximum atomic E-state index is 13.6. The van der Waals surface area contributed by atoms with Gasteiger partial charge in [-0.2, -0.15) is 30.4 Å². The van der Waals surface area contributed by atoms with Crippen molar-refractivity contribution in [3.63, 3.8) is 0 Å². The highest BCUT2D eigenvalue weighted by Gasteiger charge is 2.53. The molecule has 1 rings (SSSR count). The zero-order valence-electron chi connectivity index (χ0n) is 10.6. The zero-order valence-corrected chi connectivity index (χ0v) is 11.4. The normalized spacial score (nSPS) is 20.1. The van der Waals surface area contributed by atoms with E-state index in [0.717, 1.165) is 6.08 Å². The average Bonchev–Trinajstić information content (AvgIpc) is 2.76. The largest absolute Gasteiger partial charge is 0.534 e. The van der Waals surface area contributed by atoms with E-state index in [1.807, 2.05) is 0 Å². The number of allylic oxidation sites excluding steroid dienone is 2. The van der Waals surface area contributed by atoms with E-state index in [2.05, 4.69) is 8.92 Å². The predicted octanol–water partition coefficient (Wildman–Crippen LogP) is 2.34. The van der Waals surface area contributed by atoms with Crippen LogP contribution in [-0.2, 0) is 23.8 Å². The van der Waals surface area contributed by atoms with Crippen molar-refractivity contribution in [1.82, 2.24) is 0 Å². The Labute approximate surface area is 116 Å². The fourth-order valence-corrected chi connectivity index (χ4v) is 2.12. The first-order valence-electron chi connectivity index (χ1n) is 5.66. The highest BCUT2D eigenvalue weighted by atomic mass is 32.2. The summed E-state index contributed by atoms with van der Waals surface area (Å²) in [5.74, 6) is -8.25. The molecule has 0 bridgehead atoms. The van der Waals surface area contributed by atoms with Gasteiger partial charge in [-0.05, 0) is 19.4 Å². The summed E-state index contributed by atoms with van der Waals surface area (Å²) in [6.07, 6.45) is -0.545. The van der Waals surface area contributed by atoms with E-state index in [9.17, 15) is 35.2 Å². The van der Waals surface area contributed by atoms with Crippen molar-refractivity contribution in [1.29, 1.82) is 0 Å². The molecule has 0 radical (unpaired) electrons. The Morgan fingerprint density at radius 1 is 1.33 bits per heavy atom. The summed E-state index contributed by atoms with van der Waals surface area (Å²) in [5.41, 5.74) is -5.66. The van der Waals surface area contributed by atoms with Crippen LogP contribution in [-0.4, -0.2) is 32.4 Å². The lowest BCUT2D eigenvalue weighted by Crippen LogP contribution is -2.38. The maximum Gasteiger partial charge on any atom is 0.534 e. The van der Waals surface area contributed by atoms with Crippen molar-refractivity contribution >= 4 is 16.1 Å². The smallest absolute Gasteiger partial charge is 0.462 e. The van der Waals surface area contributed by atoms with Gasteiger partial charge in [0.2, 0.25) is 0 Å². The predicted molar refractivity (Wildman–Crippen MR) is 58.4 cm³/mol. The summed E-state index contributed by atoms with van der Waals surface area (Å²) in [5, 5.41) is 0. The van der Waals surface area contributed by atoms with E-state index < -0.39 is 52.0 Å². The molecule has 0 saturated carbocycles. The summed E-state index contributed by atoms with van der Waals surface area (Å²) < 4.78 is 92.9. The molecule has 0 aromatic rings. The van der Waals surface area contributed by atoms with Crippen LogP contribution in [0.1, 0.15) is 19.8 Å². The lowest BCUT2D eigenvalue weighted by atomic mass is 9.99. The Balaban J connectivity index is 2.74. The molecular weight excluding hydrogens is 327 g/mol. The topological polar surface area (TPSA) is 69.7 Å². The Hall–Kier alpha value is -1.39. The second-order valence-corrected chi connectivity index (χ2v) is 5.67. The Morgan fingerprint density at radius 2 is 1.90 bits per heavy atom. The number of rotatable bonds is 5. The Kier molecular flexibility index (Phi) is 4.86. The monoisotopic (exact) mass is 338 g/mol. The molecule has 122 valence electrons. The van der Waals surface area contributed by atoms with Crippen molar-refractivity contribution in [2.24, 2.45) is 5.92 Å². The summed E-state index contributed by atoms with van der Waals surface area (Å²) in [6.45, 7) is 1.02. The number of hydrogen-bond acceptors (Lipinski definition) is 5. The lowest BCUT2D eigenvalue weighted by Gasteiger charge is -2.21. The second kappa shape index (κ2) is 5.78. The number of carbonyl (C=O) groups is 1. The number of alkyl halides is 5. The van der Waals surface area contributed by atoms with Gasteiger partial charge in [-0.25, -0.2) is 4.79 Å². The molecule has 0 saturated heterocycles. The molecule has 1 aliphatic rings. The van der Waals surface area contributed by atoms with Crippen LogP contribution in [0.5, 0.6) is 0 Å². The first-order chi connectivity index (χ1) is 9.41.